The molecule has 34 heavy (non-hydrogen) atoms. The Morgan fingerprint density at radius 2 is 1.59 bits per heavy atom. The first kappa shape index (κ1) is 21.6. The predicted molar refractivity (Wildman–Crippen MR) is 132 cm³/mol. The summed E-state index contributed by atoms with van der Waals surface area (Å²) in [6.07, 6.45) is 1.92. The Balaban J connectivity index is 1.39. The van der Waals surface area contributed by atoms with E-state index in [9.17, 15) is 9.59 Å². The number of pyridine rings is 1. The third-order valence-corrected chi connectivity index (χ3v) is 6.39. The van der Waals surface area contributed by atoms with E-state index in [1.54, 1.807) is 30.1 Å². The fraction of sp³-hybridized carbons (Fsp3) is 0.0370. The molecule has 1 aliphatic heterocycles. The van der Waals surface area contributed by atoms with Gasteiger partial charge in [0.25, 0.3) is 5.91 Å². The van der Waals surface area contributed by atoms with Crippen LogP contribution in [0.15, 0.2) is 112 Å². The molecule has 0 fully saturated rings. The molecule has 0 unspecified atom stereocenters. The number of hydrogen-bond acceptors (Lipinski definition) is 5. The Morgan fingerprint density at radius 1 is 0.794 bits per heavy atom. The highest BCUT2D eigenvalue weighted by Gasteiger charge is 2.20. The molecule has 3 aromatic carbocycles. The number of fused-ring (bicyclic) bond motifs is 2. The molecule has 7 heteroatoms. The van der Waals surface area contributed by atoms with Gasteiger partial charge in [-0.2, -0.15) is 0 Å². The van der Waals surface area contributed by atoms with Gasteiger partial charge in [-0.1, -0.05) is 66.4 Å². The molecule has 5 rings (SSSR count). The molecule has 2 amide bonds. The number of carbonyl (C=O) groups excluding carboxylic acids is 2. The van der Waals surface area contributed by atoms with Crippen molar-refractivity contribution in [3.63, 3.8) is 0 Å². The number of carbonyl (C=O) groups is 2. The predicted octanol–water partition coefficient (Wildman–Crippen LogP) is 4.72. The molecule has 4 aromatic rings. The van der Waals surface area contributed by atoms with Crippen LogP contribution in [0.2, 0.25) is 0 Å². The van der Waals surface area contributed by atoms with Gasteiger partial charge in [0.15, 0.2) is 0 Å². The minimum Gasteiger partial charge on any atom is -0.273 e. The van der Waals surface area contributed by atoms with Crippen LogP contribution in [0.4, 0.5) is 5.69 Å². The summed E-state index contributed by atoms with van der Waals surface area (Å²) in [6, 6.07) is 28.4. The number of hydrogen-bond donors (Lipinski definition) is 2. The van der Waals surface area contributed by atoms with Crippen LogP contribution in [0.25, 0.3) is 0 Å². The molecule has 1 aliphatic rings. The Morgan fingerprint density at radius 3 is 2.41 bits per heavy atom. The van der Waals surface area contributed by atoms with E-state index in [0.717, 1.165) is 32.3 Å². The Hall–Kier alpha value is -4.23. The highest BCUT2D eigenvalue weighted by Crippen LogP contribution is 2.41. The number of amides is 2. The van der Waals surface area contributed by atoms with Gasteiger partial charge in [-0.3, -0.25) is 25.4 Å². The number of rotatable bonds is 4. The third kappa shape index (κ3) is 4.74. The second-order valence-electron chi connectivity index (χ2n) is 7.62. The number of aromatic nitrogens is 1. The summed E-state index contributed by atoms with van der Waals surface area (Å²) in [5.74, 6) is -0.707. The molecular formula is C27H20N4O2S. The van der Waals surface area contributed by atoms with Crippen molar-refractivity contribution in [2.24, 2.45) is 4.99 Å². The van der Waals surface area contributed by atoms with E-state index >= 15 is 0 Å². The van der Waals surface area contributed by atoms with E-state index < -0.39 is 5.91 Å². The molecule has 166 valence electrons. The summed E-state index contributed by atoms with van der Waals surface area (Å²) in [7, 11) is 0. The van der Waals surface area contributed by atoms with Crippen molar-refractivity contribution < 1.29 is 9.59 Å². The summed E-state index contributed by atoms with van der Waals surface area (Å²) in [5, 5.41) is 0. The SMILES string of the molecule is O=C(Cc1ccccc1)NNC(=O)c1ccc2c(c1)N=C(c1ccccn1)c1ccccc1S2. The average Bonchev–Trinajstić information content (AvgIpc) is 3.05. The van der Waals surface area contributed by atoms with Gasteiger partial charge in [-0.15, -0.1) is 0 Å². The van der Waals surface area contributed by atoms with Crippen molar-refractivity contribution >= 4 is 35.0 Å². The van der Waals surface area contributed by atoms with Crippen molar-refractivity contribution in [3.05, 3.63) is 120 Å². The van der Waals surface area contributed by atoms with E-state index in [2.05, 4.69) is 21.9 Å². The molecule has 0 radical (unpaired) electrons. The molecule has 1 aromatic heterocycles. The van der Waals surface area contributed by atoms with Crippen LogP contribution >= 0.6 is 11.8 Å². The largest absolute Gasteiger partial charge is 0.273 e. The maximum absolute atomic E-state index is 12.7. The monoisotopic (exact) mass is 464 g/mol. The van der Waals surface area contributed by atoms with Crippen LogP contribution in [0, 0.1) is 0 Å². The first-order valence-corrected chi connectivity index (χ1v) is 11.5. The molecule has 0 atom stereocenters. The van der Waals surface area contributed by atoms with E-state index in [1.807, 2.05) is 72.8 Å². The Bertz CT molecular complexity index is 1390. The maximum atomic E-state index is 12.7. The van der Waals surface area contributed by atoms with E-state index in [0.29, 0.717) is 11.3 Å². The Labute approximate surface area is 201 Å². The van der Waals surface area contributed by atoms with Gasteiger partial charge in [0.2, 0.25) is 5.91 Å². The minimum atomic E-state index is -0.412. The summed E-state index contributed by atoms with van der Waals surface area (Å²) in [4.78, 5) is 36.3. The second kappa shape index (κ2) is 9.72. The van der Waals surface area contributed by atoms with Crippen LogP contribution in [-0.4, -0.2) is 22.5 Å². The second-order valence-corrected chi connectivity index (χ2v) is 8.70. The number of benzene rings is 3. The van der Waals surface area contributed by atoms with Crippen molar-refractivity contribution in [2.45, 2.75) is 16.2 Å². The zero-order valence-corrected chi connectivity index (χ0v) is 18.9. The molecule has 0 saturated carbocycles. The Kier molecular flexibility index (Phi) is 6.18. The maximum Gasteiger partial charge on any atom is 0.269 e. The molecule has 0 aliphatic carbocycles. The minimum absolute atomic E-state index is 0.179. The molecule has 2 heterocycles. The topological polar surface area (TPSA) is 83.5 Å². The number of aliphatic imine (C=N–C) groups is 1. The first-order valence-electron chi connectivity index (χ1n) is 10.7. The van der Waals surface area contributed by atoms with E-state index in [1.165, 1.54) is 0 Å². The summed E-state index contributed by atoms with van der Waals surface area (Å²) < 4.78 is 0. The van der Waals surface area contributed by atoms with E-state index in [-0.39, 0.29) is 12.3 Å². The van der Waals surface area contributed by atoms with Gasteiger partial charge in [-0.25, -0.2) is 4.99 Å². The molecule has 0 spiro atoms. The average molecular weight is 465 g/mol. The smallest absolute Gasteiger partial charge is 0.269 e. The highest BCUT2D eigenvalue weighted by atomic mass is 32.2. The lowest BCUT2D eigenvalue weighted by Gasteiger charge is -2.09. The van der Waals surface area contributed by atoms with Crippen molar-refractivity contribution in [2.75, 3.05) is 0 Å². The molecule has 0 saturated heterocycles. The van der Waals surface area contributed by atoms with Gasteiger partial charge >= 0.3 is 0 Å². The van der Waals surface area contributed by atoms with Crippen molar-refractivity contribution in [3.8, 4) is 0 Å². The third-order valence-electron chi connectivity index (χ3n) is 5.25. The fourth-order valence-electron chi connectivity index (χ4n) is 3.60. The summed E-state index contributed by atoms with van der Waals surface area (Å²) >= 11 is 1.60. The van der Waals surface area contributed by atoms with Gasteiger partial charge < -0.3 is 0 Å². The van der Waals surface area contributed by atoms with Gasteiger partial charge in [0, 0.05) is 27.1 Å². The van der Waals surface area contributed by atoms with Crippen molar-refractivity contribution in [1.82, 2.24) is 15.8 Å². The quantitative estimate of drug-likeness (QED) is 0.377. The summed E-state index contributed by atoms with van der Waals surface area (Å²) in [6.45, 7) is 0. The standard InChI is InChI=1S/C27H20N4O2S/c32-25(16-18-8-2-1-3-9-18)30-31-27(33)19-13-14-24-22(17-19)29-26(21-11-6-7-15-28-21)20-10-4-5-12-23(20)34-24/h1-15,17H,16H2,(H,30,32)(H,31,33). The van der Waals surface area contributed by atoms with Gasteiger partial charge in [0.1, 0.15) is 0 Å². The lowest BCUT2D eigenvalue weighted by molar-refractivity contribution is -0.121. The lowest BCUT2D eigenvalue weighted by Crippen LogP contribution is -2.42. The first-order chi connectivity index (χ1) is 16.7. The molecule has 0 bridgehead atoms. The molecular weight excluding hydrogens is 444 g/mol. The van der Waals surface area contributed by atoms with Gasteiger partial charge in [0.05, 0.1) is 23.5 Å². The zero-order chi connectivity index (χ0) is 23.3. The normalized spacial score (nSPS) is 11.9. The van der Waals surface area contributed by atoms with Crippen LogP contribution in [-0.2, 0) is 11.2 Å². The van der Waals surface area contributed by atoms with Crippen LogP contribution in [0.5, 0.6) is 0 Å². The fourth-order valence-corrected chi connectivity index (χ4v) is 4.61. The zero-order valence-electron chi connectivity index (χ0n) is 18.1. The lowest BCUT2D eigenvalue weighted by atomic mass is 10.1. The van der Waals surface area contributed by atoms with E-state index in [4.69, 9.17) is 4.99 Å². The number of nitrogens with one attached hydrogen (secondary N) is 2. The van der Waals surface area contributed by atoms with Crippen LogP contribution in [0.3, 0.4) is 0 Å². The summed E-state index contributed by atoms with van der Waals surface area (Å²) in [5.41, 5.74) is 9.40. The van der Waals surface area contributed by atoms with Crippen LogP contribution < -0.4 is 10.9 Å². The molecule has 6 nitrogen and oxygen atoms in total. The molecule has 2 N–H and O–H groups in total. The number of hydrazine groups is 1. The van der Waals surface area contributed by atoms with Gasteiger partial charge in [-0.05, 0) is 42.0 Å². The number of nitrogens with zero attached hydrogens (tertiary/aromatic N) is 2. The van der Waals surface area contributed by atoms with Crippen molar-refractivity contribution in [1.29, 1.82) is 0 Å². The highest BCUT2D eigenvalue weighted by molar-refractivity contribution is 7.99. The van der Waals surface area contributed by atoms with Crippen LogP contribution in [0.1, 0.15) is 27.2 Å².